The fraction of sp³-hybridized carbons (Fsp3) is 0.421. The van der Waals surface area contributed by atoms with E-state index in [0.29, 0.717) is 44.4 Å². The van der Waals surface area contributed by atoms with E-state index < -0.39 is 0 Å². The molecular formula is C19H24N4O4. The zero-order valence-corrected chi connectivity index (χ0v) is 15.4. The first-order valence-electron chi connectivity index (χ1n) is 8.90. The molecule has 3 rings (SSSR count). The van der Waals surface area contributed by atoms with Gasteiger partial charge in [-0.25, -0.2) is 9.97 Å². The van der Waals surface area contributed by atoms with Crippen LogP contribution in [0.1, 0.15) is 15.9 Å². The minimum Gasteiger partial charge on any atom is -0.475 e. The Bertz CT molecular complexity index is 750. The molecule has 0 radical (unpaired) electrons. The second kappa shape index (κ2) is 9.84. The van der Waals surface area contributed by atoms with Crippen LogP contribution in [-0.2, 0) is 16.0 Å². The van der Waals surface area contributed by atoms with Crippen LogP contribution in [0.15, 0.2) is 36.7 Å². The van der Waals surface area contributed by atoms with Gasteiger partial charge in [-0.3, -0.25) is 4.79 Å². The third kappa shape index (κ3) is 5.63. The first-order chi connectivity index (χ1) is 13.3. The number of carbonyl (C=O) groups excluding carboxylic acids is 1. The number of morpholine rings is 1. The summed E-state index contributed by atoms with van der Waals surface area (Å²) in [5, 5.41) is 2.92. The first-order valence-corrected chi connectivity index (χ1v) is 8.90. The molecule has 2 aromatic heterocycles. The minimum absolute atomic E-state index is 0.182. The van der Waals surface area contributed by atoms with Gasteiger partial charge in [-0.1, -0.05) is 0 Å². The summed E-state index contributed by atoms with van der Waals surface area (Å²) in [6.07, 6.45) is 3.32. The molecule has 1 amide bonds. The Hall–Kier alpha value is -2.71. The Morgan fingerprint density at radius 2 is 2.00 bits per heavy atom. The highest BCUT2D eigenvalue weighted by atomic mass is 16.5. The molecule has 0 aliphatic carbocycles. The molecule has 0 bridgehead atoms. The van der Waals surface area contributed by atoms with Crippen LogP contribution in [0.2, 0.25) is 0 Å². The van der Waals surface area contributed by atoms with Gasteiger partial charge in [0.2, 0.25) is 5.88 Å². The number of anilines is 1. The average molecular weight is 372 g/mol. The van der Waals surface area contributed by atoms with Crippen LogP contribution < -0.4 is 15.0 Å². The topological polar surface area (TPSA) is 85.8 Å². The Kier molecular flexibility index (Phi) is 6.95. The van der Waals surface area contributed by atoms with Gasteiger partial charge >= 0.3 is 0 Å². The normalized spacial score (nSPS) is 14.0. The lowest BCUT2D eigenvalue weighted by Crippen LogP contribution is -2.36. The van der Waals surface area contributed by atoms with E-state index in [0.717, 1.165) is 24.5 Å². The molecule has 3 heterocycles. The molecule has 0 atom stereocenters. The summed E-state index contributed by atoms with van der Waals surface area (Å²) in [6.45, 7) is 4.33. The summed E-state index contributed by atoms with van der Waals surface area (Å²) >= 11 is 0. The molecule has 144 valence electrons. The van der Waals surface area contributed by atoms with Crippen LogP contribution in [0.4, 0.5) is 5.82 Å². The number of amides is 1. The van der Waals surface area contributed by atoms with Crippen LogP contribution in [0.25, 0.3) is 0 Å². The van der Waals surface area contributed by atoms with Gasteiger partial charge in [0.25, 0.3) is 5.91 Å². The standard InChI is InChI=1S/C19H24N4O4/c1-25-10-11-27-18-13-16(3-5-21-18)19(24)22-14-15-2-4-20-17(12-15)23-6-8-26-9-7-23/h2-5,12-13H,6-11,14H2,1H3,(H,22,24). The fourth-order valence-electron chi connectivity index (χ4n) is 2.68. The smallest absolute Gasteiger partial charge is 0.251 e. The lowest BCUT2D eigenvalue weighted by molar-refractivity contribution is 0.0950. The van der Waals surface area contributed by atoms with E-state index in [2.05, 4.69) is 20.2 Å². The highest BCUT2D eigenvalue weighted by Crippen LogP contribution is 2.15. The van der Waals surface area contributed by atoms with Crippen molar-refractivity contribution in [3.05, 3.63) is 47.8 Å². The van der Waals surface area contributed by atoms with Gasteiger partial charge < -0.3 is 24.4 Å². The zero-order chi connectivity index (χ0) is 18.9. The Labute approximate surface area is 158 Å². The highest BCUT2D eigenvalue weighted by molar-refractivity contribution is 5.94. The number of aromatic nitrogens is 2. The lowest BCUT2D eigenvalue weighted by atomic mass is 10.2. The molecule has 1 aliphatic rings. The number of ether oxygens (including phenoxy) is 3. The Morgan fingerprint density at radius 1 is 1.19 bits per heavy atom. The molecule has 0 aromatic carbocycles. The Balaban J connectivity index is 1.56. The number of nitrogens with one attached hydrogen (secondary N) is 1. The third-order valence-corrected chi connectivity index (χ3v) is 4.13. The molecular weight excluding hydrogens is 348 g/mol. The molecule has 0 unspecified atom stereocenters. The van der Waals surface area contributed by atoms with E-state index in [4.69, 9.17) is 14.2 Å². The molecule has 2 aromatic rings. The number of nitrogens with zero attached hydrogens (tertiary/aromatic N) is 3. The van der Waals surface area contributed by atoms with E-state index >= 15 is 0 Å². The van der Waals surface area contributed by atoms with Crippen LogP contribution >= 0.6 is 0 Å². The summed E-state index contributed by atoms with van der Waals surface area (Å²) in [5.74, 6) is 1.12. The monoisotopic (exact) mass is 372 g/mol. The number of hydrogen-bond donors (Lipinski definition) is 1. The van der Waals surface area contributed by atoms with Crippen molar-refractivity contribution < 1.29 is 19.0 Å². The molecule has 1 fully saturated rings. The van der Waals surface area contributed by atoms with Crippen molar-refractivity contribution in [2.45, 2.75) is 6.54 Å². The summed E-state index contributed by atoms with van der Waals surface area (Å²) in [5.41, 5.74) is 1.49. The average Bonchev–Trinajstić information content (AvgIpc) is 2.73. The van der Waals surface area contributed by atoms with Crippen molar-refractivity contribution in [3.8, 4) is 5.88 Å². The van der Waals surface area contributed by atoms with Gasteiger partial charge in [0.05, 0.1) is 19.8 Å². The second-order valence-electron chi connectivity index (χ2n) is 6.03. The fourth-order valence-corrected chi connectivity index (χ4v) is 2.68. The van der Waals surface area contributed by atoms with Gasteiger partial charge in [-0.05, 0) is 23.8 Å². The zero-order valence-electron chi connectivity index (χ0n) is 15.4. The molecule has 0 saturated carbocycles. The molecule has 8 nitrogen and oxygen atoms in total. The summed E-state index contributed by atoms with van der Waals surface area (Å²) in [6, 6.07) is 7.18. The minimum atomic E-state index is -0.182. The predicted octanol–water partition coefficient (Wildman–Crippen LogP) is 1.27. The number of methoxy groups -OCH3 is 1. The van der Waals surface area contributed by atoms with E-state index in [1.165, 1.54) is 0 Å². The van der Waals surface area contributed by atoms with E-state index in [1.54, 1.807) is 31.6 Å². The molecule has 27 heavy (non-hydrogen) atoms. The maximum absolute atomic E-state index is 12.4. The largest absolute Gasteiger partial charge is 0.475 e. The first kappa shape index (κ1) is 19.1. The van der Waals surface area contributed by atoms with E-state index in [1.807, 2.05) is 12.1 Å². The molecule has 1 aliphatic heterocycles. The SMILES string of the molecule is COCCOc1cc(C(=O)NCc2ccnc(N3CCOCC3)c2)ccn1. The van der Waals surface area contributed by atoms with Crippen molar-refractivity contribution in [2.24, 2.45) is 0 Å². The van der Waals surface area contributed by atoms with Crippen molar-refractivity contribution in [1.29, 1.82) is 0 Å². The summed E-state index contributed by atoms with van der Waals surface area (Å²) in [7, 11) is 1.60. The van der Waals surface area contributed by atoms with Gasteiger partial charge in [-0.2, -0.15) is 0 Å². The van der Waals surface area contributed by atoms with Gasteiger partial charge in [-0.15, -0.1) is 0 Å². The van der Waals surface area contributed by atoms with Crippen LogP contribution in [-0.4, -0.2) is 62.5 Å². The Morgan fingerprint density at radius 3 is 2.81 bits per heavy atom. The maximum atomic E-state index is 12.4. The quantitative estimate of drug-likeness (QED) is 0.699. The molecule has 8 heteroatoms. The van der Waals surface area contributed by atoms with E-state index in [-0.39, 0.29) is 5.91 Å². The third-order valence-electron chi connectivity index (χ3n) is 4.13. The molecule has 1 saturated heterocycles. The number of hydrogen-bond acceptors (Lipinski definition) is 7. The number of rotatable bonds is 8. The molecule has 1 N–H and O–H groups in total. The second-order valence-corrected chi connectivity index (χ2v) is 6.03. The number of pyridine rings is 2. The van der Waals surface area contributed by atoms with Gasteiger partial charge in [0, 0.05) is 50.8 Å². The summed E-state index contributed by atoms with van der Waals surface area (Å²) in [4.78, 5) is 23.1. The highest BCUT2D eigenvalue weighted by Gasteiger charge is 2.13. The van der Waals surface area contributed by atoms with Crippen LogP contribution in [0.3, 0.4) is 0 Å². The van der Waals surface area contributed by atoms with Crippen LogP contribution in [0, 0.1) is 0 Å². The maximum Gasteiger partial charge on any atom is 0.251 e. The van der Waals surface area contributed by atoms with Crippen molar-refractivity contribution in [3.63, 3.8) is 0 Å². The van der Waals surface area contributed by atoms with Gasteiger partial charge in [0.15, 0.2) is 0 Å². The predicted molar refractivity (Wildman–Crippen MR) is 100 cm³/mol. The summed E-state index contributed by atoms with van der Waals surface area (Å²) < 4.78 is 15.7. The lowest BCUT2D eigenvalue weighted by Gasteiger charge is -2.28. The number of carbonyl (C=O) groups is 1. The molecule has 0 spiro atoms. The van der Waals surface area contributed by atoms with Crippen LogP contribution in [0.5, 0.6) is 5.88 Å². The van der Waals surface area contributed by atoms with Crippen molar-refractivity contribution >= 4 is 11.7 Å². The van der Waals surface area contributed by atoms with Crippen molar-refractivity contribution in [1.82, 2.24) is 15.3 Å². The van der Waals surface area contributed by atoms with Crippen molar-refractivity contribution in [2.75, 3.05) is 51.5 Å². The van der Waals surface area contributed by atoms with E-state index in [9.17, 15) is 4.79 Å². The van der Waals surface area contributed by atoms with Gasteiger partial charge in [0.1, 0.15) is 12.4 Å².